The number of thiazole rings is 2. The topological polar surface area (TPSA) is 180 Å². The molecular formula is C83H134N10O4S4. The predicted molar refractivity (Wildman–Crippen MR) is 438 cm³/mol. The molecule has 8 aromatic rings. The Kier molecular flexibility index (Phi) is 35.5. The number of hydrogen-bond donors (Lipinski definition) is 0. The summed E-state index contributed by atoms with van der Waals surface area (Å²) in [5.74, 6) is 3.38. The van der Waals surface area contributed by atoms with E-state index in [1.165, 1.54) is 49.1 Å². The summed E-state index contributed by atoms with van der Waals surface area (Å²) in [6.45, 7) is 88.4. The highest BCUT2D eigenvalue weighted by Crippen LogP contribution is 2.33. The summed E-state index contributed by atoms with van der Waals surface area (Å²) in [4.78, 5) is 28.2. The molecule has 14 nitrogen and oxygen atoms in total. The molecule has 0 bridgehead atoms. The summed E-state index contributed by atoms with van der Waals surface area (Å²) in [5.41, 5.74) is 16.0. The van der Waals surface area contributed by atoms with Gasteiger partial charge in [0.1, 0.15) is 24.0 Å². The molecule has 0 saturated carbocycles. The van der Waals surface area contributed by atoms with E-state index < -0.39 is 0 Å². The SMILES string of the molecule is C=CC1=NCC=C1C(C)(C)C.CC1=NCC(C(C)(C)C)=C1.Cc1cc(C(C)(C)C)on1.Cc1cc(C(C)(C)C)sn1.Cc1nc(C(C)(C)C)co1.Cc1nc(C(C)(C)C)cs1.Cc1ncc(C(C)(C)C)o1.Cc1ncc(C(C)(C)C)s1.Cc1nocc1C(C)(C)C.Cc1nscc1C(C)(C)C. The number of rotatable bonds is 1. The lowest BCUT2D eigenvalue weighted by atomic mass is 9.84. The van der Waals surface area contributed by atoms with Crippen LogP contribution in [0.4, 0.5) is 0 Å². The zero-order valence-electron chi connectivity index (χ0n) is 70.2. The van der Waals surface area contributed by atoms with Crippen LogP contribution in [0.1, 0.15) is 303 Å². The van der Waals surface area contributed by atoms with Gasteiger partial charge in [-0.1, -0.05) is 231 Å². The van der Waals surface area contributed by atoms with E-state index in [1.807, 2.05) is 66.8 Å². The molecular weight excluding hydrogens is 1330 g/mol. The minimum atomic E-state index is 0.0846. The minimum Gasteiger partial charge on any atom is -0.449 e. The van der Waals surface area contributed by atoms with Crippen LogP contribution in [-0.2, 0) is 43.3 Å². The zero-order chi connectivity index (χ0) is 78.5. The van der Waals surface area contributed by atoms with Gasteiger partial charge in [-0.2, -0.15) is 8.75 Å². The lowest BCUT2D eigenvalue weighted by molar-refractivity contribution is 0.327. The summed E-state index contributed by atoms with van der Waals surface area (Å²) in [6, 6.07) is 4.13. The summed E-state index contributed by atoms with van der Waals surface area (Å²) < 4.78 is 28.8. The number of aliphatic imine (C=N–C) groups is 2. The summed E-state index contributed by atoms with van der Waals surface area (Å²) in [6.07, 6.45) is 13.4. The van der Waals surface area contributed by atoms with Crippen LogP contribution in [0.15, 0.2) is 112 Å². The Morgan fingerprint density at radius 2 is 1.04 bits per heavy atom. The molecule has 0 aliphatic carbocycles. The third-order valence-electron chi connectivity index (χ3n) is 15.0. The van der Waals surface area contributed by atoms with Crippen molar-refractivity contribution >= 4 is 57.2 Å². The van der Waals surface area contributed by atoms with Gasteiger partial charge in [-0.05, 0) is 139 Å². The molecule has 18 heteroatoms. The molecule has 0 N–H and O–H groups in total. The van der Waals surface area contributed by atoms with E-state index in [1.54, 1.807) is 64.5 Å². The van der Waals surface area contributed by atoms with Gasteiger partial charge in [0.25, 0.3) is 0 Å². The Morgan fingerprint density at radius 1 is 0.475 bits per heavy atom. The highest BCUT2D eigenvalue weighted by Gasteiger charge is 2.25. The van der Waals surface area contributed by atoms with Crippen molar-refractivity contribution in [3.63, 3.8) is 0 Å². The predicted octanol–water partition coefficient (Wildman–Crippen LogP) is 25.2. The lowest BCUT2D eigenvalue weighted by Gasteiger charge is -2.20. The van der Waals surface area contributed by atoms with Crippen molar-refractivity contribution in [2.24, 2.45) is 20.8 Å². The molecule has 8 aromatic heterocycles. The van der Waals surface area contributed by atoms with Crippen molar-refractivity contribution in [1.82, 2.24) is 39.0 Å². The molecule has 0 atom stereocenters. The molecule has 0 spiro atoms. The first-order chi connectivity index (χ1) is 45.6. The van der Waals surface area contributed by atoms with Crippen molar-refractivity contribution in [2.45, 2.75) is 313 Å². The number of aromatic nitrogens is 8. The van der Waals surface area contributed by atoms with Crippen molar-refractivity contribution in [3.8, 4) is 0 Å². The molecule has 0 amide bonds. The first kappa shape index (κ1) is 92.9. The van der Waals surface area contributed by atoms with Crippen LogP contribution in [0.3, 0.4) is 0 Å². The summed E-state index contributed by atoms with van der Waals surface area (Å²) in [5, 5.41) is 14.2. The lowest BCUT2D eigenvalue weighted by Crippen LogP contribution is -2.14. The average molecular weight is 1460 g/mol. The molecule has 2 aliphatic heterocycles. The number of allylic oxidation sites excluding steroid dienone is 3. The molecule has 564 valence electrons. The Hall–Kier alpha value is -6.08. The fourth-order valence-electron chi connectivity index (χ4n) is 8.59. The van der Waals surface area contributed by atoms with E-state index in [0.29, 0.717) is 5.41 Å². The Bertz CT molecular complexity index is 3400. The van der Waals surface area contributed by atoms with E-state index in [9.17, 15) is 0 Å². The first-order valence-corrected chi connectivity index (χ1v) is 38.4. The van der Waals surface area contributed by atoms with Crippen LogP contribution >= 0.6 is 45.7 Å². The second-order valence-electron chi connectivity index (χ2n) is 36.0. The maximum Gasteiger partial charge on any atom is 0.191 e. The Labute approximate surface area is 629 Å². The summed E-state index contributed by atoms with van der Waals surface area (Å²) in [7, 11) is 0. The number of nitrogens with zero attached hydrogens (tertiary/aromatic N) is 10. The highest BCUT2D eigenvalue weighted by molar-refractivity contribution is 7.11. The van der Waals surface area contributed by atoms with Gasteiger partial charge >= 0.3 is 0 Å². The van der Waals surface area contributed by atoms with Crippen LogP contribution in [0.5, 0.6) is 0 Å². The third kappa shape index (κ3) is 35.8. The van der Waals surface area contributed by atoms with E-state index in [4.69, 9.17) is 17.9 Å². The molecule has 0 unspecified atom stereocenters. The van der Waals surface area contributed by atoms with Crippen molar-refractivity contribution in [3.05, 3.63) is 172 Å². The van der Waals surface area contributed by atoms with Gasteiger partial charge in [0.05, 0.1) is 69.2 Å². The third-order valence-corrected chi connectivity index (χ3v) is 19.2. The monoisotopic (exact) mass is 1460 g/mol. The highest BCUT2D eigenvalue weighted by atomic mass is 32.1. The van der Waals surface area contributed by atoms with Crippen LogP contribution in [-0.4, -0.2) is 63.5 Å². The second kappa shape index (κ2) is 38.6. The van der Waals surface area contributed by atoms with Crippen molar-refractivity contribution in [1.29, 1.82) is 0 Å². The maximum absolute atomic E-state index is 5.34. The molecule has 0 fully saturated rings. The van der Waals surface area contributed by atoms with Gasteiger partial charge in [0, 0.05) is 79.6 Å². The van der Waals surface area contributed by atoms with Gasteiger partial charge in [0.2, 0.25) is 0 Å². The smallest absolute Gasteiger partial charge is 0.191 e. The van der Waals surface area contributed by atoms with Crippen LogP contribution in [0.2, 0.25) is 0 Å². The van der Waals surface area contributed by atoms with Crippen molar-refractivity contribution < 1.29 is 17.9 Å². The molecule has 0 radical (unpaired) electrons. The van der Waals surface area contributed by atoms with Crippen LogP contribution in [0.25, 0.3) is 0 Å². The molecule has 10 heterocycles. The fraction of sp³-hybridized carbons (Fsp3) is 0.614. The van der Waals surface area contributed by atoms with E-state index in [0.717, 1.165) is 74.9 Å². The van der Waals surface area contributed by atoms with Crippen LogP contribution in [0, 0.1) is 66.2 Å². The zero-order valence-corrected chi connectivity index (χ0v) is 73.5. The molecule has 0 saturated heterocycles. The first-order valence-electron chi connectivity index (χ1n) is 35.1. The van der Waals surface area contributed by atoms with E-state index in [2.05, 4.69) is 306 Å². The Morgan fingerprint density at radius 3 is 1.26 bits per heavy atom. The van der Waals surface area contributed by atoms with E-state index >= 15 is 0 Å². The molecule has 0 aromatic carbocycles. The number of aryl methyl sites for hydroxylation is 8. The van der Waals surface area contributed by atoms with Gasteiger partial charge in [-0.25, -0.2) is 19.9 Å². The second-order valence-corrected chi connectivity index (χ2v) is 39.7. The van der Waals surface area contributed by atoms with Crippen LogP contribution < -0.4 is 0 Å². The van der Waals surface area contributed by atoms with Gasteiger partial charge in [-0.3, -0.25) is 9.98 Å². The number of oxazole rings is 2. The average Bonchev–Trinajstić information content (AvgIpc) is 1.72. The summed E-state index contributed by atoms with van der Waals surface area (Å²) >= 11 is 6.65. The fourth-order valence-corrected chi connectivity index (χ4v) is 12.0. The van der Waals surface area contributed by atoms with Gasteiger partial charge in [0.15, 0.2) is 11.8 Å². The molecule has 10 rings (SSSR count). The standard InChI is InChI=1S/C10H15N.C9H15N.4C8H13NO.4C8H13NS/c1-5-9-8(6-7-11-9)10(2,3)4;1-7-5-8(6-10-7)9(2,3)4;1-6-9-7(5-10-6)8(2,3)4;1-6-9-5-7(10-6)8(2,3)4;1-6-7(5-10-9-6)8(2,3)4;1-6-5-7(10-9-6)8(2,3)4;1-6-9-7(5-10-6)8(2,3)4;1-6-9-5-7(10-6)8(2,3)4;1-6-7(5-10-9-6)8(2,3)4;1-6-5-7(10-9-6)8(2,3)4/h5-6H,1,7H2,2-4H3;5H,6H2,1-4H3;8*5H,1-4H3. The molecule has 2 aliphatic rings. The van der Waals surface area contributed by atoms with E-state index in [-0.39, 0.29) is 48.7 Å². The maximum atomic E-state index is 5.34. The number of hydrogen-bond acceptors (Lipinski definition) is 18. The minimum absolute atomic E-state index is 0.0846. The van der Waals surface area contributed by atoms with Gasteiger partial charge < -0.3 is 17.9 Å². The quantitative estimate of drug-likeness (QED) is 0.152. The molecule has 101 heavy (non-hydrogen) atoms. The Balaban J connectivity index is 0.000000561. The van der Waals surface area contributed by atoms with Gasteiger partial charge in [-0.15, -0.1) is 22.7 Å². The van der Waals surface area contributed by atoms with Crippen molar-refractivity contribution in [2.75, 3.05) is 13.1 Å². The largest absolute Gasteiger partial charge is 0.449 e. The normalized spacial score (nSPS) is 13.3.